The van der Waals surface area contributed by atoms with Crippen molar-refractivity contribution in [2.24, 2.45) is 11.3 Å². The van der Waals surface area contributed by atoms with E-state index in [2.05, 4.69) is 0 Å². The SMILES string of the molecule is C[C@@H](C(=O)N1C(=O)OC[C@H]1Cc1ccccc1)[C@](O)([C@H]1COC(C)(C)N1C(=O)O)C(C)(C)C. The summed E-state index contributed by atoms with van der Waals surface area (Å²) in [6.45, 7) is 9.94. The van der Waals surface area contributed by atoms with Crippen molar-refractivity contribution in [1.29, 1.82) is 0 Å². The molecule has 0 aromatic heterocycles. The van der Waals surface area contributed by atoms with Gasteiger partial charge in [0.25, 0.3) is 0 Å². The van der Waals surface area contributed by atoms with E-state index in [1.54, 1.807) is 34.6 Å². The highest BCUT2D eigenvalue weighted by Gasteiger charge is 2.62. The van der Waals surface area contributed by atoms with Crippen LogP contribution in [0.25, 0.3) is 0 Å². The van der Waals surface area contributed by atoms with Crippen molar-refractivity contribution in [1.82, 2.24) is 9.80 Å². The molecule has 0 aliphatic carbocycles. The quantitative estimate of drug-likeness (QED) is 0.691. The predicted octanol–water partition coefficient (Wildman–Crippen LogP) is 3.10. The second-order valence-electron chi connectivity index (χ2n) is 10.4. The van der Waals surface area contributed by atoms with Gasteiger partial charge in [0, 0.05) is 0 Å². The van der Waals surface area contributed by atoms with Gasteiger partial charge in [-0.3, -0.25) is 9.69 Å². The van der Waals surface area contributed by atoms with E-state index in [-0.39, 0.29) is 13.2 Å². The normalized spacial score (nSPS) is 25.5. The second-order valence-corrected chi connectivity index (χ2v) is 10.4. The lowest BCUT2D eigenvalue weighted by molar-refractivity contribution is -0.169. The molecule has 3 amide bonds. The Bertz CT molecular complexity index is 911. The monoisotopic (exact) mass is 462 g/mol. The lowest BCUT2D eigenvalue weighted by Crippen LogP contribution is -2.67. The summed E-state index contributed by atoms with van der Waals surface area (Å²) < 4.78 is 10.9. The van der Waals surface area contributed by atoms with Crippen LogP contribution in [-0.4, -0.2) is 74.7 Å². The molecular weight excluding hydrogens is 428 g/mol. The maximum absolute atomic E-state index is 13.7. The van der Waals surface area contributed by atoms with Crippen molar-refractivity contribution < 1.29 is 34.1 Å². The van der Waals surface area contributed by atoms with Crippen LogP contribution >= 0.6 is 0 Å². The third kappa shape index (κ3) is 4.31. The fraction of sp³-hybridized carbons (Fsp3) is 0.625. The number of rotatable bonds is 5. The smallest absolute Gasteiger partial charge is 0.416 e. The van der Waals surface area contributed by atoms with Crippen LogP contribution in [0.4, 0.5) is 9.59 Å². The Balaban J connectivity index is 1.96. The maximum atomic E-state index is 13.7. The van der Waals surface area contributed by atoms with Crippen molar-refractivity contribution in [2.45, 2.75) is 71.4 Å². The van der Waals surface area contributed by atoms with Crippen LogP contribution < -0.4 is 0 Å². The van der Waals surface area contributed by atoms with Gasteiger partial charge in [-0.25, -0.2) is 14.5 Å². The van der Waals surface area contributed by atoms with Gasteiger partial charge >= 0.3 is 12.2 Å². The van der Waals surface area contributed by atoms with Gasteiger partial charge < -0.3 is 19.7 Å². The largest absolute Gasteiger partial charge is 0.465 e. The molecular formula is C24H34N2O7. The average Bonchev–Trinajstić information content (AvgIpc) is 3.25. The fourth-order valence-electron chi connectivity index (χ4n) is 5.09. The summed E-state index contributed by atoms with van der Waals surface area (Å²) in [5.41, 5.74) is -3.00. The zero-order valence-corrected chi connectivity index (χ0v) is 20.1. The predicted molar refractivity (Wildman–Crippen MR) is 119 cm³/mol. The van der Waals surface area contributed by atoms with Crippen molar-refractivity contribution in [2.75, 3.05) is 13.2 Å². The number of imide groups is 1. The number of hydrogen-bond acceptors (Lipinski definition) is 6. The number of nitrogens with zero attached hydrogens (tertiary/aromatic N) is 2. The van der Waals surface area contributed by atoms with Crippen molar-refractivity contribution in [3.8, 4) is 0 Å². The molecule has 2 aliphatic rings. The second kappa shape index (κ2) is 8.61. The molecule has 2 heterocycles. The van der Waals surface area contributed by atoms with Crippen molar-refractivity contribution >= 4 is 18.1 Å². The molecule has 9 nitrogen and oxygen atoms in total. The van der Waals surface area contributed by atoms with Gasteiger partial charge in [-0.1, -0.05) is 58.0 Å². The molecule has 4 atom stereocenters. The van der Waals surface area contributed by atoms with Crippen LogP contribution in [-0.2, 0) is 20.7 Å². The minimum absolute atomic E-state index is 0.0565. The number of carbonyl (C=O) groups is 3. The maximum Gasteiger partial charge on any atom is 0.416 e. The molecule has 0 bridgehead atoms. The number of amides is 3. The molecule has 0 spiro atoms. The molecule has 0 radical (unpaired) electrons. The first-order valence-corrected chi connectivity index (χ1v) is 11.1. The minimum atomic E-state index is -1.84. The van der Waals surface area contributed by atoms with Crippen LogP contribution in [0.2, 0.25) is 0 Å². The highest BCUT2D eigenvalue weighted by atomic mass is 16.6. The number of aliphatic hydroxyl groups is 1. The first-order chi connectivity index (χ1) is 15.2. The van der Waals surface area contributed by atoms with Crippen LogP contribution in [0.5, 0.6) is 0 Å². The molecule has 3 rings (SSSR count). The fourth-order valence-corrected chi connectivity index (χ4v) is 5.09. The molecule has 9 heteroatoms. The van der Waals surface area contributed by atoms with Crippen LogP contribution in [0.1, 0.15) is 47.1 Å². The van der Waals surface area contributed by atoms with E-state index in [9.17, 15) is 24.6 Å². The summed E-state index contributed by atoms with van der Waals surface area (Å²) in [6.07, 6.45) is -1.60. The molecule has 182 valence electrons. The number of carboxylic acid groups (broad SMARTS) is 1. The van der Waals surface area contributed by atoms with E-state index in [1.165, 1.54) is 6.92 Å². The van der Waals surface area contributed by atoms with Gasteiger partial charge in [0.15, 0.2) is 0 Å². The lowest BCUT2D eigenvalue weighted by Gasteiger charge is -2.50. The summed E-state index contributed by atoms with van der Waals surface area (Å²) in [4.78, 5) is 40.5. The summed E-state index contributed by atoms with van der Waals surface area (Å²) in [6, 6.07) is 7.91. The van der Waals surface area contributed by atoms with Gasteiger partial charge in [0.2, 0.25) is 5.91 Å². The molecule has 33 heavy (non-hydrogen) atoms. The Morgan fingerprint density at radius 1 is 1.18 bits per heavy atom. The Hall–Kier alpha value is -2.65. The standard InChI is InChI=1S/C24H34N2O7/c1-15(19(27)25-17(13-32-21(25)30)12-16-10-8-7-9-11-16)24(31,22(2,3)4)18-14-33-23(5,6)26(18)20(28)29/h7-11,15,17-18,31H,12-14H2,1-6H3,(H,28,29)/t15-,17+,18+,24-/m0/s1. The summed E-state index contributed by atoms with van der Waals surface area (Å²) in [5, 5.41) is 22.0. The van der Waals surface area contributed by atoms with E-state index < -0.39 is 52.8 Å². The minimum Gasteiger partial charge on any atom is -0.465 e. The van der Waals surface area contributed by atoms with E-state index >= 15 is 0 Å². The first-order valence-electron chi connectivity index (χ1n) is 11.1. The van der Waals surface area contributed by atoms with Crippen LogP contribution in [0.15, 0.2) is 30.3 Å². The van der Waals surface area contributed by atoms with E-state index in [4.69, 9.17) is 9.47 Å². The molecule has 2 saturated heterocycles. The summed E-state index contributed by atoms with van der Waals surface area (Å²) in [5.74, 6) is -1.73. The van der Waals surface area contributed by atoms with Crippen LogP contribution in [0, 0.1) is 11.3 Å². The Morgan fingerprint density at radius 2 is 1.79 bits per heavy atom. The van der Waals surface area contributed by atoms with E-state index in [1.807, 2.05) is 30.3 Å². The zero-order valence-electron chi connectivity index (χ0n) is 20.1. The van der Waals surface area contributed by atoms with Crippen molar-refractivity contribution in [3.05, 3.63) is 35.9 Å². The topological polar surface area (TPSA) is 117 Å². The molecule has 2 aliphatic heterocycles. The first kappa shape index (κ1) is 25.0. The van der Waals surface area contributed by atoms with Crippen molar-refractivity contribution in [3.63, 3.8) is 0 Å². The molecule has 0 unspecified atom stereocenters. The zero-order chi connectivity index (χ0) is 24.8. The molecule has 2 fully saturated rings. The Labute approximate surface area is 194 Å². The lowest BCUT2D eigenvalue weighted by atomic mass is 9.64. The van der Waals surface area contributed by atoms with Gasteiger partial charge in [-0.05, 0) is 31.2 Å². The molecule has 0 saturated carbocycles. The average molecular weight is 463 g/mol. The number of benzene rings is 1. The van der Waals surface area contributed by atoms with Crippen LogP contribution in [0.3, 0.4) is 0 Å². The molecule has 1 aromatic carbocycles. The number of carbonyl (C=O) groups excluding carboxylic acids is 2. The third-order valence-electron chi connectivity index (χ3n) is 6.95. The highest BCUT2D eigenvalue weighted by molar-refractivity contribution is 5.95. The molecule has 1 aromatic rings. The number of ether oxygens (including phenoxy) is 2. The Morgan fingerprint density at radius 3 is 2.33 bits per heavy atom. The van der Waals surface area contributed by atoms with Gasteiger partial charge in [0.1, 0.15) is 17.9 Å². The summed E-state index contributed by atoms with van der Waals surface area (Å²) >= 11 is 0. The van der Waals surface area contributed by atoms with E-state index in [0.717, 1.165) is 15.4 Å². The van der Waals surface area contributed by atoms with Gasteiger partial charge in [-0.15, -0.1) is 0 Å². The van der Waals surface area contributed by atoms with E-state index in [0.29, 0.717) is 6.42 Å². The molecule has 2 N–H and O–H groups in total. The highest BCUT2D eigenvalue weighted by Crippen LogP contribution is 2.46. The third-order valence-corrected chi connectivity index (χ3v) is 6.95. The van der Waals surface area contributed by atoms with Gasteiger partial charge in [0.05, 0.1) is 24.6 Å². The van der Waals surface area contributed by atoms with Gasteiger partial charge in [-0.2, -0.15) is 0 Å². The number of cyclic esters (lactones) is 1. The summed E-state index contributed by atoms with van der Waals surface area (Å²) in [7, 11) is 0. The number of hydrogen-bond donors (Lipinski definition) is 2. The Kier molecular flexibility index (Phi) is 6.52.